The van der Waals surface area contributed by atoms with Gasteiger partial charge in [0.2, 0.25) is 0 Å². The first kappa shape index (κ1) is 13.8. The maximum Gasteiger partial charge on any atom is 0.264 e. The molecule has 0 bridgehead atoms. The lowest BCUT2D eigenvalue weighted by Gasteiger charge is -2.19. The van der Waals surface area contributed by atoms with Crippen molar-refractivity contribution in [3.63, 3.8) is 0 Å². The molecule has 0 amide bonds. The summed E-state index contributed by atoms with van der Waals surface area (Å²) >= 11 is 0. The van der Waals surface area contributed by atoms with Crippen molar-refractivity contribution in [2.24, 2.45) is 0 Å². The van der Waals surface area contributed by atoms with Crippen molar-refractivity contribution >= 4 is 21.4 Å². The van der Waals surface area contributed by atoms with Crippen LogP contribution in [0.3, 0.4) is 0 Å². The molecule has 1 aliphatic heterocycles. The van der Waals surface area contributed by atoms with E-state index in [1.807, 2.05) is 0 Å². The number of hydrogen-bond acceptors (Lipinski definition) is 3. The molecule has 7 heteroatoms. The molecule has 21 heavy (non-hydrogen) atoms. The van der Waals surface area contributed by atoms with E-state index in [2.05, 4.69) is 0 Å². The summed E-state index contributed by atoms with van der Waals surface area (Å²) in [5, 5.41) is 0. The molecule has 3 rings (SSSR count). The Morgan fingerprint density at radius 1 is 1.10 bits per heavy atom. The maximum absolute atomic E-state index is 13.5. The van der Waals surface area contributed by atoms with Crippen molar-refractivity contribution in [1.29, 1.82) is 0 Å². The number of halogens is 2. The van der Waals surface area contributed by atoms with Crippen LogP contribution in [0.5, 0.6) is 0 Å². The summed E-state index contributed by atoms with van der Waals surface area (Å²) in [6.45, 7) is 0.202. The van der Waals surface area contributed by atoms with Crippen molar-refractivity contribution in [3.05, 3.63) is 53.6 Å². The first-order valence-electron chi connectivity index (χ1n) is 6.26. The second-order valence-corrected chi connectivity index (χ2v) is 6.65. The van der Waals surface area contributed by atoms with E-state index in [0.29, 0.717) is 12.1 Å². The van der Waals surface area contributed by atoms with Gasteiger partial charge >= 0.3 is 0 Å². The molecule has 0 aromatic heterocycles. The molecule has 0 fully saturated rings. The normalized spacial score (nSPS) is 14.3. The molecular weight excluding hydrogens is 298 g/mol. The quantitative estimate of drug-likeness (QED) is 0.866. The molecule has 2 aromatic rings. The summed E-state index contributed by atoms with van der Waals surface area (Å²) in [5.41, 5.74) is 6.27. The van der Waals surface area contributed by atoms with Crippen LogP contribution in [-0.2, 0) is 16.4 Å². The van der Waals surface area contributed by atoms with Crippen molar-refractivity contribution in [1.82, 2.24) is 0 Å². The second kappa shape index (κ2) is 4.70. The van der Waals surface area contributed by atoms with Gasteiger partial charge in [-0.2, -0.15) is 0 Å². The molecule has 110 valence electrons. The van der Waals surface area contributed by atoms with E-state index in [4.69, 9.17) is 5.73 Å². The molecule has 0 aliphatic carbocycles. The number of sulfonamides is 1. The number of nitrogen functional groups attached to an aromatic ring is 1. The van der Waals surface area contributed by atoms with Crippen LogP contribution in [0.1, 0.15) is 5.56 Å². The molecule has 2 aromatic carbocycles. The smallest absolute Gasteiger partial charge is 0.264 e. The summed E-state index contributed by atoms with van der Waals surface area (Å²) in [5.74, 6) is -1.31. The van der Waals surface area contributed by atoms with Crippen LogP contribution in [0, 0.1) is 11.6 Å². The topological polar surface area (TPSA) is 63.4 Å². The molecule has 2 N–H and O–H groups in total. The number of nitrogens with two attached hydrogens (primary N) is 1. The molecule has 0 radical (unpaired) electrons. The highest BCUT2D eigenvalue weighted by Gasteiger charge is 2.31. The second-order valence-electron chi connectivity index (χ2n) is 4.78. The summed E-state index contributed by atoms with van der Waals surface area (Å²) in [7, 11) is -3.94. The SMILES string of the molecule is Nc1ccc(S(=O)(=O)N2CCc3ccc(F)cc32)cc1F. The minimum absolute atomic E-state index is 0.123. The van der Waals surface area contributed by atoms with Gasteiger partial charge in [0.15, 0.2) is 0 Å². The van der Waals surface area contributed by atoms with Gasteiger partial charge in [0.25, 0.3) is 10.0 Å². The van der Waals surface area contributed by atoms with E-state index in [1.165, 1.54) is 24.3 Å². The van der Waals surface area contributed by atoms with E-state index in [-0.39, 0.29) is 17.1 Å². The van der Waals surface area contributed by atoms with Gasteiger partial charge < -0.3 is 5.73 Å². The lowest BCUT2D eigenvalue weighted by Crippen LogP contribution is -2.29. The monoisotopic (exact) mass is 310 g/mol. The standard InChI is InChI=1S/C14H12F2N2O2S/c15-10-2-1-9-5-6-18(14(9)7-10)21(19,20)11-3-4-13(17)12(16)8-11/h1-4,7-8H,5-6,17H2. The third-order valence-corrected chi connectivity index (χ3v) is 5.27. The third kappa shape index (κ3) is 2.23. The Labute approximate surface area is 120 Å². The van der Waals surface area contributed by atoms with E-state index in [0.717, 1.165) is 15.9 Å². The number of benzene rings is 2. The number of rotatable bonds is 2. The van der Waals surface area contributed by atoms with Crippen LogP contribution in [0.25, 0.3) is 0 Å². The van der Waals surface area contributed by atoms with Crippen LogP contribution < -0.4 is 10.0 Å². The minimum atomic E-state index is -3.94. The molecule has 0 saturated carbocycles. The van der Waals surface area contributed by atoms with Gasteiger partial charge in [-0.3, -0.25) is 4.31 Å². The number of fused-ring (bicyclic) bond motifs is 1. The van der Waals surface area contributed by atoms with Crippen molar-refractivity contribution < 1.29 is 17.2 Å². The fraction of sp³-hybridized carbons (Fsp3) is 0.143. The van der Waals surface area contributed by atoms with Gasteiger partial charge in [0, 0.05) is 6.54 Å². The van der Waals surface area contributed by atoms with Crippen LogP contribution in [0.4, 0.5) is 20.2 Å². The number of anilines is 2. The van der Waals surface area contributed by atoms with Crippen LogP contribution in [-0.4, -0.2) is 15.0 Å². The Kier molecular flexibility index (Phi) is 3.09. The Balaban J connectivity index is 2.09. The summed E-state index contributed by atoms with van der Waals surface area (Å²) in [4.78, 5) is -0.202. The molecule has 0 unspecified atom stereocenters. The fourth-order valence-electron chi connectivity index (χ4n) is 2.37. The Bertz CT molecular complexity index is 822. The van der Waals surface area contributed by atoms with E-state index >= 15 is 0 Å². The largest absolute Gasteiger partial charge is 0.396 e. The van der Waals surface area contributed by atoms with Gasteiger partial charge in [-0.25, -0.2) is 17.2 Å². The molecule has 0 atom stereocenters. The first-order valence-corrected chi connectivity index (χ1v) is 7.70. The highest BCUT2D eigenvalue weighted by Crippen LogP contribution is 2.33. The van der Waals surface area contributed by atoms with Crippen LogP contribution in [0.2, 0.25) is 0 Å². The zero-order valence-corrected chi connectivity index (χ0v) is 11.7. The van der Waals surface area contributed by atoms with Crippen molar-refractivity contribution in [2.45, 2.75) is 11.3 Å². The predicted molar refractivity (Wildman–Crippen MR) is 75.4 cm³/mol. The van der Waals surface area contributed by atoms with Gasteiger partial charge in [-0.05, 0) is 42.3 Å². The zero-order chi connectivity index (χ0) is 15.2. The molecule has 1 heterocycles. The Hall–Kier alpha value is -2.15. The first-order chi connectivity index (χ1) is 9.89. The minimum Gasteiger partial charge on any atom is -0.396 e. The Morgan fingerprint density at radius 3 is 2.57 bits per heavy atom. The number of nitrogens with zero attached hydrogens (tertiary/aromatic N) is 1. The van der Waals surface area contributed by atoms with Crippen molar-refractivity contribution in [3.8, 4) is 0 Å². The molecule has 4 nitrogen and oxygen atoms in total. The van der Waals surface area contributed by atoms with Gasteiger partial charge in [-0.1, -0.05) is 6.07 Å². The predicted octanol–water partition coefficient (Wildman–Crippen LogP) is 2.30. The highest BCUT2D eigenvalue weighted by molar-refractivity contribution is 7.92. The highest BCUT2D eigenvalue weighted by atomic mass is 32.2. The fourth-order valence-corrected chi connectivity index (χ4v) is 3.88. The summed E-state index contributed by atoms with van der Waals surface area (Å²) in [6.07, 6.45) is 0.492. The van der Waals surface area contributed by atoms with Gasteiger partial charge in [0.05, 0.1) is 16.3 Å². The molecule has 1 aliphatic rings. The number of hydrogen-bond donors (Lipinski definition) is 1. The zero-order valence-electron chi connectivity index (χ0n) is 10.9. The summed E-state index contributed by atoms with van der Waals surface area (Å²) in [6, 6.07) is 7.34. The lowest BCUT2D eigenvalue weighted by atomic mass is 10.2. The molecule has 0 saturated heterocycles. The van der Waals surface area contributed by atoms with E-state index < -0.39 is 21.7 Å². The van der Waals surface area contributed by atoms with Gasteiger partial charge in [-0.15, -0.1) is 0 Å². The Morgan fingerprint density at radius 2 is 1.86 bits per heavy atom. The summed E-state index contributed by atoms with van der Waals surface area (Å²) < 4.78 is 53.1. The average Bonchev–Trinajstić information content (AvgIpc) is 2.85. The van der Waals surface area contributed by atoms with E-state index in [9.17, 15) is 17.2 Å². The lowest BCUT2D eigenvalue weighted by molar-refractivity contribution is 0.588. The average molecular weight is 310 g/mol. The third-order valence-electron chi connectivity index (χ3n) is 3.46. The van der Waals surface area contributed by atoms with E-state index in [1.54, 1.807) is 6.07 Å². The van der Waals surface area contributed by atoms with Gasteiger partial charge in [0.1, 0.15) is 11.6 Å². The van der Waals surface area contributed by atoms with Crippen LogP contribution >= 0.6 is 0 Å². The van der Waals surface area contributed by atoms with Crippen LogP contribution in [0.15, 0.2) is 41.3 Å². The molecular formula is C14H12F2N2O2S. The maximum atomic E-state index is 13.5. The van der Waals surface area contributed by atoms with Crippen molar-refractivity contribution in [2.75, 3.05) is 16.6 Å². The molecule has 0 spiro atoms.